The molecule has 0 saturated heterocycles. The summed E-state index contributed by atoms with van der Waals surface area (Å²) >= 11 is -0.556. The number of hydrogen-bond acceptors (Lipinski definition) is 0. The van der Waals surface area contributed by atoms with Crippen LogP contribution in [0, 0.1) is 27.7 Å². The summed E-state index contributed by atoms with van der Waals surface area (Å²) in [4.78, 5) is 0. The van der Waals surface area contributed by atoms with Crippen molar-refractivity contribution in [2.45, 2.75) is 40.8 Å². The van der Waals surface area contributed by atoms with Crippen molar-refractivity contribution in [3.63, 3.8) is 0 Å². The molecule has 2 rings (SSSR count). The molecule has 6 heteroatoms. The van der Waals surface area contributed by atoms with Crippen LogP contribution in [0.4, 0.5) is 11.4 Å². The Hall–Kier alpha value is -0.449. The molecule has 0 heterocycles. The van der Waals surface area contributed by atoms with E-state index in [1.807, 2.05) is 0 Å². The molecule has 0 amide bonds. The van der Waals surface area contributed by atoms with E-state index in [4.69, 9.17) is 29.2 Å². The minimum atomic E-state index is -1.49. The van der Waals surface area contributed by atoms with Crippen LogP contribution < -0.4 is 0 Å². The van der Waals surface area contributed by atoms with E-state index in [0.717, 1.165) is 12.3 Å². The van der Waals surface area contributed by atoms with Crippen LogP contribution in [0.3, 0.4) is 0 Å². The van der Waals surface area contributed by atoms with Crippen molar-refractivity contribution >= 4 is 38.1 Å². The molecule has 26 heavy (non-hydrogen) atoms. The van der Waals surface area contributed by atoms with Gasteiger partial charge in [-0.05, 0) is 27.7 Å². The van der Waals surface area contributed by atoms with E-state index in [1.54, 1.807) is 0 Å². The molecule has 2 nitrogen and oxygen atoms in total. The summed E-state index contributed by atoms with van der Waals surface area (Å²) in [7, 11) is 8.28. The number of benzene rings is 2. The van der Waals surface area contributed by atoms with Crippen LogP contribution in [-0.4, -0.2) is 20.4 Å². The van der Waals surface area contributed by atoms with E-state index >= 15 is 0 Å². The van der Waals surface area contributed by atoms with Crippen molar-refractivity contribution in [1.29, 1.82) is 0 Å². The molecule has 0 fully saturated rings. The molecule has 0 unspecified atom stereocenters. The van der Waals surface area contributed by atoms with Gasteiger partial charge >= 0.3 is 35.6 Å². The molecule has 0 saturated carbocycles. The fraction of sp³-hybridized carbons (Fsp3) is 0.400. The summed E-state index contributed by atoms with van der Waals surface area (Å²) in [6.45, 7) is 13.3. The molecule has 2 aromatic carbocycles. The summed E-state index contributed by atoms with van der Waals surface area (Å²) in [6, 6.07) is 12.8. The molecule has 0 aliphatic heterocycles. The van der Waals surface area contributed by atoms with Crippen molar-refractivity contribution < 1.29 is 17.0 Å². The van der Waals surface area contributed by atoms with Crippen molar-refractivity contribution in [3.05, 3.63) is 69.3 Å². The van der Waals surface area contributed by atoms with Gasteiger partial charge in [0.25, 0.3) is 0 Å². The van der Waals surface area contributed by atoms with E-state index in [0.29, 0.717) is 0 Å². The second kappa shape index (κ2) is 11.4. The van der Waals surface area contributed by atoms with Crippen LogP contribution in [0.15, 0.2) is 36.4 Å². The maximum absolute atomic E-state index is 4.94. The van der Waals surface area contributed by atoms with Gasteiger partial charge in [0.2, 0.25) is 0 Å². The fourth-order valence-electron chi connectivity index (χ4n) is 2.75. The number of halogens is 2. The third kappa shape index (κ3) is 7.66. The Balaban J connectivity index is 0.00000105. The Bertz CT molecular complexity index is 610. The van der Waals surface area contributed by atoms with Gasteiger partial charge in [-0.15, -0.1) is 23.7 Å². The zero-order chi connectivity index (χ0) is 19.7. The molecule has 0 atom stereocenters. The number of hydrogen-bond donors (Lipinski definition) is 0. The molecule has 0 radical (unpaired) electrons. The van der Waals surface area contributed by atoms with Gasteiger partial charge in [-0.25, -0.2) is 0 Å². The summed E-state index contributed by atoms with van der Waals surface area (Å²) < 4.78 is 0. The molecular weight excluding hydrogens is 415 g/mol. The first-order chi connectivity index (χ1) is 12.2. The Morgan fingerprint density at radius 3 is 1.27 bits per heavy atom. The van der Waals surface area contributed by atoms with Gasteiger partial charge in [0.05, 0.1) is 0 Å². The summed E-state index contributed by atoms with van der Waals surface area (Å²) in [5.41, 5.74) is 7.39. The number of aryl methyl sites for hydroxylation is 4. The third-order valence-electron chi connectivity index (χ3n) is 4.21. The Morgan fingerprint density at radius 1 is 0.731 bits per heavy atom. The van der Waals surface area contributed by atoms with Crippen molar-refractivity contribution in [1.82, 2.24) is 0 Å². The van der Waals surface area contributed by atoms with Crippen LogP contribution in [0.2, 0.25) is 13.1 Å². The molecule has 0 bridgehead atoms. The zero-order valence-corrected chi connectivity index (χ0v) is 20.6. The van der Waals surface area contributed by atoms with E-state index in [1.165, 1.54) is 33.6 Å². The summed E-state index contributed by atoms with van der Waals surface area (Å²) in [6.07, 6.45) is 1.85. The van der Waals surface area contributed by atoms with Crippen molar-refractivity contribution in [2.75, 3.05) is 12.3 Å². The normalized spacial score (nSPS) is 10.6. The SMILES string of the molecule is Cc1cccc(C)c1[N-]C[Si](C)(C)C[N-]c1c(C)cccc1C.[Cl][Ti][Cl]. The summed E-state index contributed by atoms with van der Waals surface area (Å²) in [5, 5.41) is 9.87. The molecule has 0 aromatic heterocycles. The average molecular weight is 443 g/mol. The van der Waals surface area contributed by atoms with Crippen molar-refractivity contribution in [2.24, 2.45) is 0 Å². The van der Waals surface area contributed by atoms with Crippen LogP contribution in [0.25, 0.3) is 10.6 Å². The van der Waals surface area contributed by atoms with Gasteiger partial charge in [-0.2, -0.15) is 0 Å². The van der Waals surface area contributed by atoms with E-state index in [-0.39, 0.29) is 0 Å². The molecule has 142 valence electrons. The molecule has 2 aromatic rings. The third-order valence-corrected chi connectivity index (χ3v) is 6.24. The number of rotatable bonds is 6. The van der Waals surface area contributed by atoms with E-state index in [9.17, 15) is 0 Å². The first kappa shape index (κ1) is 23.6. The van der Waals surface area contributed by atoms with Crippen LogP contribution in [0.5, 0.6) is 0 Å². The van der Waals surface area contributed by atoms with Crippen LogP contribution in [-0.2, 0) is 17.0 Å². The van der Waals surface area contributed by atoms with E-state index < -0.39 is 25.1 Å². The van der Waals surface area contributed by atoms with Crippen molar-refractivity contribution in [3.8, 4) is 0 Å². The first-order valence-electron chi connectivity index (χ1n) is 8.65. The molecular formula is C20H28Cl2N2SiTi-2. The number of para-hydroxylation sites is 2. The van der Waals surface area contributed by atoms with Gasteiger partial charge < -0.3 is 10.6 Å². The predicted molar refractivity (Wildman–Crippen MR) is 117 cm³/mol. The molecule has 0 spiro atoms. The first-order valence-corrected chi connectivity index (χ1v) is 16.4. The second-order valence-electron chi connectivity index (χ2n) is 7.35. The topological polar surface area (TPSA) is 28.2 Å². The van der Waals surface area contributed by atoms with E-state index in [2.05, 4.69) is 77.2 Å². The van der Waals surface area contributed by atoms with Gasteiger partial charge in [0.15, 0.2) is 0 Å². The van der Waals surface area contributed by atoms with Crippen LogP contribution in [0.1, 0.15) is 22.3 Å². The van der Waals surface area contributed by atoms with Crippen LogP contribution >= 0.6 is 18.6 Å². The fourth-order valence-corrected chi connectivity index (χ4v) is 4.02. The van der Waals surface area contributed by atoms with Gasteiger partial charge in [0.1, 0.15) is 0 Å². The monoisotopic (exact) mass is 442 g/mol. The van der Waals surface area contributed by atoms with Gasteiger partial charge in [-0.3, -0.25) is 0 Å². The zero-order valence-electron chi connectivity index (χ0n) is 16.5. The Labute approximate surface area is 176 Å². The Kier molecular flexibility index (Phi) is 10.3. The minimum absolute atomic E-state index is 0.556. The standard InChI is InChI=1S/C20H28N2Si.2ClH.Ti/c1-15-9-7-10-16(2)19(15)21-13-23(5,6)14-22-20-17(3)11-8-12-18(20)4;;;/h7-12H,13-14H2,1-6H3;2*1H;/q-2;;;+2/p-2. The predicted octanol–water partition coefficient (Wildman–Crippen LogP) is 7.79. The van der Waals surface area contributed by atoms with Gasteiger partial charge in [-0.1, -0.05) is 71.7 Å². The maximum atomic E-state index is 4.94. The quantitative estimate of drug-likeness (QED) is 0.408. The Morgan fingerprint density at radius 2 is 1.00 bits per heavy atom. The molecule has 0 aliphatic rings. The molecule has 0 aliphatic carbocycles. The summed E-state index contributed by atoms with van der Waals surface area (Å²) in [5.74, 6) is 0. The molecule has 0 N–H and O–H groups in total. The second-order valence-corrected chi connectivity index (χ2v) is 14.9. The average Bonchev–Trinajstić information content (AvgIpc) is 2.54. The number of nitrogens with zero attached hydrogens (tertiary/aromatic N) is 2. The van der Waals surface area contributed by atoms with Gasteiger partial charge in [0, 0.05) is 8.07 Å².